The van der Waals surface area contributed by atoms with E-state index in [1.54, 1.807) is 7.11 Å². The van der Waals surface area contributed by atoms with Crippen molar-refractivity contribution in [3.8, 4) is 5.75 Å². The number of ether oxygens (including phenoxy) is 1. The van der Waals surface area contributed by atoms with Crippen LogP contribution in [0.4, 0.5) is 11.4 Å². The van der Waals surface area contributed by atoms with Crippen molar-refractivity contribution in [2.75, 3.05) is 12.4 Å². The van der Waals surface area contributed by atoms with Crippen molar-refractivity contribution in [1.29, 1.82) is 0 Å². The lowest BCUT2D eigenvalue weighted by Crippen LogP contribution is -2.15. The molecule has 3 aromatic carbocycles. The molecule has 3 heteroatoms. The number of rotatable bonds is 6. The molecular formula is C24H26N2O. The molecule has 0 heterocycles. The predicted octanol–water partition coefficient (Wildman–Crippen LogP) is 6.01. The lowest BCUT2D eigenvalue weighted by molar-refractivity contribution is 0.414. The first-order chi connectivity index (χ1) is 13.2. The highest BCUT2D eigenvalue weighted by Crippen LogP contribution is 2.24. The highest BCUT2D eigenvalue weighted by Gasteiger charge is 2.10. The molecule has 3 nitrogen and oxygen atoms in total. The number of nitrogens with zero attached hydrogens (tertiary/aromatic N) is 1. The van der Waals surface area contributed by atoms with Crippen molar-refractivity contribution in [1.82, 2.24) is 0 Å². The third kappa shape index (κ3) is 4.56. The number of nitrogens with one attached hydrogen (secondary N) is 1. The number of methoxy groups -OCH3 is 1. The molecule has 138 valence electrons. The van der Waals surface area contributed by atoms with Crippen LogP contribution in [0.2, 0.25) is 0 Å². The molecule has 27 heavy (non-hydrogen) atoms. The van der Waals surface area contributed by atoms with Gasteiger partial charge in [-0.15, -0.1) is 0 Å². The summed E-state index contributed by atoms with van der Waals surface area (Å²) >= 11 is 0. The topological polar surface area (TPSA) is 33.6 Å². The summed E-state index contributed by atoms with van der Waals surface area (Å²) in [6.07, 6.45) is 1.90. The number of amidine groups is 1. The summed E-state index contributed by atoms with van der Waals surface area (Å²) in [5.41, 5.74) is 5.54. The Morgan fingerprint density at radius 3 is 2.30 bits per heavy atom. The Hall–Kier alpha value is -3.07. The van der Waals surface area contributed by atoms with Crippen LogP contribution in [0.5, 0.6) is 5.75 Å². The molecule has 3 rings (SSSR count). The maximum absolute atomic E-state index is 5.41. The van der Waals surface area contributed by atoms with Gasteiger partial charge in [0.2, 0.25) is 0 Å². The van der Waals surface area contributed by atoms with Gasteiger partial charge >= 0.3 is 0 Å². The van der Waals surface area contributed by atoms with Gasteiger partial charge in [0.05, 0.1) is 12.8 Å². The molecular weight excluding hydrogens is 332 g/mol. The van der Waals surface area contributed by atoms with Gasteiger partial charge in [-0.2, -0.15) is 0 Å². The first kappa shape index (κ1) is 18.7. The van der Waals surface area contributed by atoms with Gasteiger partial charge in [0.25, 0.3) is 0 Å². The first-order valence-corrected chi connectivity index (χ1v) is 9.41. The number of hydrogen-bond donors (Lipinski definition) is 1. The van der Waals surface area contributed by atoms with E-state index in [-0.39, 0.29) is 0 Å². The Morgan fingerprint density at radius 1 is 0.852 bits per heavy atom. The Balaban J connectivity index is 2.09. The van der Waals surface area contributed by atoms with Crippen molar-refractivity contribution >= 4 is 17.2 Å². The quantitative estimate of drug-likeness (QED) is 0.432. The Labute approximate surface area is 161 Å². The average Bonchev–Trinajstić information content (AvgIpc) is 2.74. The summed E-state index contributed by atoms with van der Waals surface area (Å²) in [4.78, 5) is 5.00. The SMILES string of the molecule is CCc1ccccc1N=C(Nc1ccccc1CC)c1cccc(OC)c1. The van der Waals surface area contributed by atoms with Crippen LogP contribution in [0.1, 0.15) is 30.5 Å². The highest BCUT2D eigenvalue weighted by molar-refractivity contribution is 6.10. The van der Waals surface area contributed by atoms with Gasteiger partial charge in [0.1, 0.15) is 11.6 Å². The maximum atomic E-state index is 5.41. The molecule has 0 bridgehead atoms. The average molecular weight is 358 g/mol. The van der Waals surface area contributed by atoms with Gasteiger partial charge in [-0.05, 0) is 48.2 Å². The molecule has 0 saturated carbocycles. The van der Waals surface area contributed by atoms with E-state index in [0.717, 1.165) is 41.4 Å². The second-order valence-corrected chi connectivity index (χ2v) is 6.31. The van der Waals surface area contributed by atoms with Crippen LogP contribution >= 0.6 is 0 Å². The van der Waals surface area contributed by atoms with Crippen molar-refractivity contribution < 1.29 is 4.74 Å². The van der Waals surface area contributed by atoms with E-state index in [2.05, 4.69) is 61.6 Å². The van der Waals surface area contributed by atoms with Crippen LogP contribution in [-0.4, -0.2) is 12.9 Å². The first-order valence-electron chi connectivity index (χ1n) is 9.41. The summed E-state index contributed by atoms with van der Waals surface area (Å²) in [7, 11) is 1.68. The van der Waals surface area contributed by atoms with Crippen LogP contribution in [0.15, 0.2) is 77.8 Å². The van der Waals surface area contributed by atoms with Gasteiger partial charge < -0.3 is 10.1 Å². The fourth-order valence-corrected chi connectivity index (χ4v) is 3.05. The highest BCUT2D eigenvalue weighted by atomic mass is 16.5. The largest absolute Gasteiger partial charge is 0.497 e. The molecule has 0 spiro atoms. The van der Waals surface area contributed by atoms with Crippen molar-refractivity contribution in [2.24, 2.45) is 4.99 Å². The number of aryl methyl sites for hydroxylation is 2. The number of para-hydroxylation sites is 2. The summed E-state index contributed by atoms with van der Waals surface area (Å²) in [6.45, 7) is 4.31. The van der Waals surface area contributed by atoms with Gasteiger partial charge in [0, 0.05) is 11.3 Å². The minimum Gasteiger partial charge on any atom is -0.497 e. The van der Waals surface area contributed by atoms with E-state index in [1.807, 2.05) is 30.3 Å². The number of anilines is 1. The van der Waals surface area contributed by atoms with Crippen LogP contribution in [0.3, 0.4) is 0 Å². The molecule has 0 aliphatic carbocycles. The molecule has 0 unspecified atom stereocenters. The summed E-state index contributed by atoms with van der Waals surface area (Å²) < 4.78 is 5.41. The van der Waals surface area contributed by atoms with Crippen molar-refractivity contribution in [3.63, 3.8) is 0 Å². The van der Waals surface area contributed by atoms with E-state index in [4.69, 9.17) is 9.73 Å². The Bertz CT molecular complexity index is 931. The molecule has 0 aromatic heterocycles. The fourth-order valence-electron chi connectivity index (χ4n) is 3.05. The maximum Gasteiger partial charge on any atom is 0.138 e. The van der Waals surface area contributed by atoms with Crippen molar-refractivity contribution in [2.45, 2.75) is 26.7 Å². The normalized spacial score (nSPS) is 11.3. The lowest BCUT2D eigenvalue weighted by Gasteiger charge is -2.15. The zero-order valence-corrected chi connectivity index (χ0v) is 16.2. The summed E-state index contributed by atoms with van der Waals surface area (Å²) in [5, 5.41) is 3.56. The Morgan fingerprint density at radius 2 is 1.56 bits per heavy atom. The van der Waals surface area contributed by atoms with Gasteiger partial charge in [-0.25, -0.2) is 4.99 Å². The number of aliphatic imine (C=N–C) groups is 1. The molecule has 1 N–H and O–H groups in total. The zero-order chi connectivity index (χ0) is 19.1. The van der Waals surface area contributed by atoms with Crippen LogP contribution < -0.4 is 10.1 Å². The van der Waals surface area contributed by atoms with Gasteiger partial charge in [0.15, 0.2) is 0 Å². The second kappa shape index (κ2) is 9.04. The van der Waals surface area contributed by atoms with E-state index in [1.165, 1.54) is 11.1 Å². The summed E-state index contributed by atoms with van der Waals surface area (Å²) in [5.74, 6) is 1.63. The molecule has 0 radical (unpaired) electrons. The third-order valence-corrected chi connectivity index (χ3v) is 4.60. The van der Waals surface area contributed by atoms with Crippen molar-refractivity contribution in [3.05, 3.63) is 89.5 Å². The van der Waals surface area contributed by atoms with E-state index in [9.17, 15) is 0 Å². The van der Waals surface area contributed by atoms with Crippen LogP contribution in [-0.2, 0) is 12.8 Å². The molecule has 3 aromatic rings. The van der Waals surface area contributed by atoms with E-state index in [0.29, 0.717) is 0 Å². The van der Waals surface area contributed by atoms with Gasteiger partial charge in [-0.1, -0.05) is 62.4 Å². The summed E-state index contributed by atoms with van der Waals surface area (Å²) in [6, 6.07) is 24.6. The van der Waals surface area contributed by atoms with Crippen LogP contribution in [0, 0.1) is 0 Å². The van der Waals surface area contributed by atoms with Gasteiger partial charge in [-0.3, -0.25) is 0 Å². The molecule has 0 aliphatic rings. The zero-order valence-electron chi connectivity index (χ0n) is 16.2. The van der Waals surface area contributed by atoms with E-state index < -0.39 is 0 Å². The monoisotopic (exact) mass is 358 g/mol. The second-order valence-electron chi connectivity index (χ2n) is 6.31. The number of benzene rings is 3. The molecule has 0 fully saturated rings. The molecule has 0 aliphatic heterocycles. The minimum absolute atomic E-state index is 0.814. The Kier molecular flexibility index (Phi) is 6.26. The molecule has 0 saturated heterocycles. The number of hydrogen-bond acceptors (Lipinski definition) is 2. The molecule has 0 amide bonds. The standard InChI is InChI=1S/C24H26N2O/c1-4-18-11-6-8-15-22(18)25-24(20-13-10-14-21(17-20)27-3)26-23-16-9-7-12-19(23)5-2/h6-17H,4-5H2,1-3H3,(H,25,26). The fraction of sp³-hybridized carbons (Fsp3) is 0.208. The third-order valence-electron chi connectivity index (χ3n) is 4.60. The van der Waals surface area contributed by atoms with Crippen LogP contribution in [0.25, 0.3) is 0 Å². The minimum atomic E-state index is 0.814. The predicted molar refractivity (Wildman–Crippen MR) is 114 cm³/mol. The lowest BCUT2D eigenvalue weighted by atomic mass is 10.1. The molecule has 0 atom stereocenters. The smallest absolute Gasteiger partial charge is 0.138 e. The van der Waals surface area contributed by atoms with E-state index >= 15 is 0 Å².